The molecule has 0 unspecified atom stereocenters. The number of anilines is 1. The van der Waals surface area contributed by atoms with Crippen LogP contribution in [0.2, 0.25) is 0 Å². The summed E-state index contributed by atoms with van der Waals surface area (Å²) in [6.45, 7) is 0. The molecule has 1 amide bonds. The molecule has 0 bridgehead atoms. The van der Waals surface area contributed by atoms with Gasteiger partial charge in [-0.05, 0) is 29.3 Å². The highest BCUT2D eigenvalue weighted by Crippen LogP contribution is 2.21. The van der Waals surface area contributed by atoms with E-state index >= 15 is 0 Å². The van der Waals surface area contributed by atoms with Crippen molar-refractivity contribution in [2.24, 2.45) is 0 Å². The zero-order valence-electron chi connectivity index (χ0n) is 12.8. The van der Waals surface area contributed by atoms with Crippen molar-refractivity contribution in [3.63, 3.8) is 0 Å². The summed E-state index contributed by atoms with van der Waals surface area (Å²) in [6, 6.07) is 16.0. The number of benzene rings is 2. The number of halogens is 1. The monoisotopic (exact) mass is 338 g/mol. The molecule has 24 heavy (non-hydrogen) atoms. The topological polar surface area (TPSA) is 42.0 Å². The molecule has 1 aromatic heterocycles. The van der Waals surface area contributed by atoms with Gasteiger partial charge in [-0.15, -0.1) is 11.3 Å². The zero-order valence-corrected chi connectivity index (χ0v) is 13.6. The van der Waals surface area contributed by atoms with Crippen LogP contribution in [0.3, 0.4) is 0 Å². The van der Waals surface area contributed by atoms with Crippen molar-refractivity contribution >= 4 is 28.5 Å². The fraction of sp³-hybridized carbons (Fsp3) is 0.0526. The third-order valence-electron chi connectivity index (χ3n) is 3.30. The molecule has 3 aromatic rings. The molecule has 3 rings (SSSR count). The predicted octanol–water partition coefficient (Wildman–Crippen LogP) is 4.52. The standard InChI is InChI=1S/C19H15FN2OS/c20-16-9-6-15(7-10-16)12-17-13-21-19(24-17)22-18(23)11-8-14-4-2-1-3-5-14/h1-11,13H,12H2,(H,21,22,23)/b11-8-. The Morgan fingerprint density at radius 2 is 1.88 bits per heavy atom. The van der Waals surface area contributed by atoms with Crippen LogP contribution in [-0.4, -0.2) is 10.9 Å². The van der Waals surface area contributed by atoms with Crippen LogP contribution in [-0.2, 0) is 11.2 Å². The average Bonchev–Trinajstić information content (AvgIpc) is 3.03. The van der Waals surface area contributed by atoms with Crippen molar-refractivity contribution < 1.29 is 9.18 Å². The van der Waals surface area contributed by atoms with Crippen molar-refractivity contribution in [1.82, 2.24) is 4.98 Å². The van der Waals surface area contributed by atoms with E-state index < -0.39 is 0 Å². The summed E-state index contributed by atoms with van der Waals surface area (Å²) < 4.78 is 12.9. The third kappa shape index (κ3) is 4.60. The van der Waals surface area contributed by atoms with E-state index in [0.717, 1.165) is 16.0 Å². The molecule has 0 atom stereocenters. The normalized spacial score (nSPS) is 10.9. The highest BCUT2D eigenvalue weighted by Gasteiger charge is 2.05. The van der Waals surface area contributed by atoms with Gasteiger partial charge in [0, 0.05) is 23.6 Å². The molecule has 1 N–H and O–H groups in total. The van der Waals surface area contributed by atoms with Gasteiger partial charge in [-0.1, -0.05) is 42.5 Å². The smallest absolute Gasteiger partial charge is 0.250 e. The summed E-state index contributed by atoms with van der Waals surface area (Å²) in [6.07, 6.45) is 5.62. The van der Waals surface area contributed by atoms with Crippen LogP contribution in [0.4, 0.5) is 9.52 Å². The van der Waals surface area contributed by atoms with Crippen LogP contribution in [0.25, 0.3) is 6.08 Å². The summed E-state index contributed by atoms with van der Waals surface area (Å²) in [5.41, 5.74) is 1.96. The highest BCUT2D eigenvalue weighted by atomic mass is 32.1. The predicted molar refractivity (Wildman–Crippen MR) is 95.4 cm³/mol. The maximum atomic E-state index is 12.9. The Kier molecular flexibility index (Phi) is 5.13. The largest absolute Gasteiger partial charge is 0.298 e. The second kappa shape index (κ2) is 7.66. The number of hydrogen-bond donors (Lipinski definition) is 1. The zero-order chi connectivity index (χ0) is 16.8. The van der Waals surface area contributed by atoms with Crippen molar-refractivity contribution in [3.05, 3.63) is 88.7 Å². The maximum absolute atomic E-state index is 12.9. The first kappa shape index (κ1) is 16.1. The molecule has 120 valence electrons. The summed E-state index contributed by atoms with van der Waals surface area (Å²) in [5.74, 6) is -0.470. The van der Waals surface area contributed by atoms with E-state index in [1.54, 1.807) is 24.4 Å². The summed E-state index contributed by atoms with van der Waals surface area (Å²) in [4.78, 5) is 17.1. The van der Waals surface area contributed by atoms with Crippen molar-refractivity contribution in [2.75, 3.05) is 5.32 Å². The second-order valence-electron chi connectivity index (χ2n) is 5.17. The molecular weight excluding hydrogens is 323 g/mol. The number of nitrogens with one attached hydrogen (secondary N) is 1. The lowest BCUT2D eigenvalue weighted by Gasteiger charge is -1.98. The Morgan fingerprint density at radius 1 is 1.12 bits per heavy atom. The molecule has 0 aliphatic carbocycles. The van der Waals surface area contributed by atoms with Crippen LogP contribution >= 0.6 is 11.3 Å². The first-order valence-electron chi connectivity index (χ1n) is 7.42. The van der Waals surface area contributed by atoms with E-state index in [-0.39, 0.29) is 11.7 Å². The number of carbonyl (C=O) groups excluding carboxylic acids is 1. The molecule has 0 saturated carbocycles. The number of nitrogens with zero attached hydrogens (tertiary/aromatic N) is 1. The van der Waals surface area contributed by atoms with Crippen molar-refractivity contribution in [1.29, 1.82) is 0 Å². The molecule has 0 fully saturated rings. The molecule has 0 aliphatic heterocycles. The summed E-state index contributed by atoms with van der Waals surface area (Å²) in [7, 11) is 0. The lowest BCUT2D eigenvalue weighted by Crippen LogP contribution is -2.06. The van der Waals surface area contributed by atoms with Crippen molar-refractivity contribution in [2.45, 2.75) is 6.42 Å². The number of aromatic nitrogens is 1. The molecule has 0 aliphatic rings. The summed E-state index contributed by atoms with van der Waals surface area (Å²) >= 11 is 1.41. The second-order valence-corrected chi connectivity index (χ2v) is 6.28. The van der Waals surface area contributed by atoms with Gasteiger partial charge in [0.05, 0.1) is 0 Å². The minimum atomic E-state index is -0.249. The van der Waals surface area contributed by atoms with E-state index in [0.29, 0.717) is 11.6 Å². The van der Waals surface area contributed by atoms with Gasteiger partial charge in [0.1, 0.15) is 5.82 Å². The number of amides is 1. The molecule has 3 nitrogen and oxygen atoms in total. The van der Waals surface area contributed by atoms with E-state index in [1.165, 1.54) is 29.5 Å². The Hall–Kier alpha value is -2.79. The van der Waals surface area contributed by atoms with Gasteiger partial charge >= 0.3 is 0 Å². The van der Waals surface area contributed by atoms with Gasteiger partial charge in [-0.25, -0.2) is 9.37 Å². The number of rotatable bonds is 5. The van der Waals surface area contributed by atoms with Gasteiger partial charge in [0.25, 0.3) is 0 Å². The van der Waals surface area contributed by atoms with Gasteiger partial charge < -0.3 is 0 Å². The average molecular weight is 338 g/mol. The van der Waals surface area contributed by atoms with E-state index in [4.69, 9.17) is 0 Å². The summed E-state index contributed by atoms with van der Waals surface area (Å²) in [5, 5.41) is 3.30. The lowest BCUT2D eigenvalue weighted by molar-refractivity contribution is -0.111. The first-order chi connectivity index (χ1) is 11.7. The number of carbonyl (C=O) groups is 1. The first-order valence-corrected chi connectivity index (χ1v) is 8.24. The fourth-order valence-corrected chi connectivity index (χ4v) is 2.98. The quantitative estimate of drug-likeness (QED) is 0.695. The molecule has 0 radical (unpaired) electrons. The molecular formula is C19H15FN2OS. The Morgan fingerprint density at radius 3 is 2.62 bits per heavy atom. The number of thiazole rings is 1. The maximum Gasteiger partial charge on any atom is 0.250 e. The molecule has 5 heteroatoms. The van der Waals surface area contributed by atoms with Gasteiger partial charge in [0.15, 0.2) is 5.13 Å². The van der Waals surface area contributed by atoms with E-state index in [2.05, 4.69) is 10.3 Å². The van der Waals surface area contributed by atoms with Crippen LogP contribution < -0.4 is 5.32 Å². The van der Waals surface area contributed by atoms with Crippen LogP contribution in [0, 0.1) is 5.82 Å². The Labute approximate surface area is 143 Å². The highest BCUT2D eigenvalue weighted by molar-refractivity contribution is 7.15. The van der Waals surface area contributed by atoms with E-state index in [9.17, 15) is 9.18 Å². The van der Waals surface area contributed by atoms with Crippen LogP contribution in [0.15, 0.2) is 66.9 Å². The molecule has 2 aromatic carbocycles. The molecule has 0 saturated heterocycles. The molecule has 0 spiro atoms. The SMILES string of the molecule is O=C(/C=C\c1ccccc1)Nc1ncc(Cc2ccc(F)cc2)s1. The minimum Gasteiger partial charge on any atom is -0.298 e. The Balaban J connectivity index is 1.58. The van der Waals surface area contributed by atoms with Crippen LogP contribution in [0.5, 0.6) is 0 Å². The molecule has 1 heterocycles. The number of hydrogen-bond acceptors (Lipinski definition) is 3. The fourth-order valence-electron chi connectivity index (χ4n) is 2.13. The minimum absolute atomic E-state index is 0.221. The third-order valence-corrected chi connectivity index (χ3v) is 4.21. The van der Waals surface area contributed by atoms with Gasteiger partial charge in [-0.2, -0.15) is 0 Å². The van der Waals surface area contributed by atoms with Crippen molar-refractivity contribution in [3.8, 4) is 0 Å². The van der Waals surface area contributed by atoms with E-state index in [1.807, 2.05) is 30.3 Å². The van der Waals surface area contributed by atoms with Gasteiger partial charge in [0.2, 0.25) is 5.91 Å². The van der Waals surface area contributed by atoms with Gasteiger partial charge in [-0.3, -0.25) is 10.1 Å². The van der Waals surface area contributed by atoms with Crippen LogP contribution in [0.1, 0.15) is 16.0 Å². The Bertz CT molecular complexity index is 841. The lowest BCUT2D eigenvalue weighted by atomic mass is 10.1.